The molecule has 0 radical (unpaired) electrons. The summed E-state index contributed by atoms with van der Waals surface area (Å²) in [6.45, 7) is 9.81. The maximum atomic E-state index is 12.5. The molecule has 1 aromatic heterocycles. The normalized spacial score (nSPS) is 23.9. The number of fused-ring (bicyclic) bond motifs is 2. The van der Waals surface area contributed by atoms with Crippen LogP contribution in [0.1, 0.15) is 53.1 Å². The summed E-state index contributed by atoms with van der Waals surface area (Å²) in [5, 5.41) is 0. The molecule has 0 spiro atoms. The highest BCUT2D eigenvalue weighted by Crippen LogP contribution is 2.49. The summed E-state index contributed by atoms with van der Waals surface area (Å²) in [7, 11) is 1.73. The van der Waals surface area contributed by atoms with E-state index in [-0.39, 0.29) is 11.4 Å². The summed E-state index contributed by atoms with van der Waals surface area (Å²) in [5.41, 5.74) is 5.63. The second-order valence-corrected chi connectivity index (χ2v) is 8.41. The standard InChI is InChI=1S/C24H32N2O3/c1-5-26-11-10-24(17-8-7-9-19(12-17)28-4)14-21-20(13-18(24)15-26)16(3)22(25-21)23(27)29-6-2/h7-9,12,18,25H,5-6,10-11,13-15H2,1-4H3/t18-,24+/m0/s1. The summed E-state index contributed by atoms with van der Waals surface area (Å²) < 4.78 is 10.8. The third-order valence-corrected chi connectivity index (χ3v) is 7.12. The first-order valence-electron chi connectivity index (χ1n) is 10.8. The fourth-order valence-corrected chi connectivity index (χ4v) is 5.43. The number of carbonyl (C=O) groups is 1. The Balaban J connectivity index is 1.78. The number of esters is 1. The second-order valence-electron chi connectivity index (χ2n) is 8.41. The molecule has 2 aromatic rings. The molecule has 0 bridgehead atoms. The summed E-state index contributed by atoms with van der Waals surface area (Å²) in [4.78, 5) is 18.5. The Morgan fingerprint density at radius 2 is 2.17 bits per heavy atom. The van der Waals surface area contributed by atoms with Gasteiger partial charge in [-0.1, -0.05) is 19.1 Å². The lowest BCUT2D eigenvalue weighted by atomic mass is 9.58. The average Bonchev–Trinajstić information content (AvgIpc) is 3.07. The van der Waals surface area contributed by atoms with Gasteiger partial charge in [0.2, 0.25) is 0 Å². The predicted octanol–water partition coefficient (Wildman–Crippen LogP) is 3.89. The summed E-state index contributed by atoms with van der Waals surface area (Å²) >= 11 is 0. The number of nitrogens with one attached hydrogen (secondary N) is 1. The molecule has 1 aliphatic heterocycles. The number of hydrogen-bond acceptors (Lipinski definition) is 4. The van der Waals surface area contributed by atoms with Crippen LogP contribution in [-0.4, -0.2) is 49.2 Å². The number of aromatic amines is 1. The summed E-state index contributed by atoms with van der Waals surface area (Å²) in [6.07, 6.45) is 3.04. The number of rotatable bonds is 5. The number of aromatic nitrogens is 1. The van der Waals surface area contributed by atoms with Crippen LogP contribution in [0.3, 0.4) is 0 Å². The minimum Gasteiger partial charge on any atom is -0.497 e. The van der Waals surface area contributed by atoms with Crippen molar-refractivity contribution >= 4 is 5.97 Å². The highest BCUT2D eigenvalue weighted by molar-refractivity contribution is 5.90. The number of carbonyl (C=O) groups excluding carboxylic acids is 1. The average molecular weight is 397 g/mol. The van der Waals surface area contributed by atoms with Crippen LogP contribution in [0.2, 0.25) is 0 Å². The van der Waals surface area contributed by atoms with Gasteiger partial charge in [0, 0.05) is 17.7 Å². The Kier molecular flexibility index (Phi) is 5.43. The third-order valence-electron chi connectivity index (χ3n) is 7.12. The molecular formula is C24H32N2O3. The Bertz CT molecular complexity index is 904. The smallest absolute Gasteiger partial charge is 0.355 e. The van der Waals surface area contributed by atoms with Gasteiger partial charge in [-0.05, 0) is 80.9 Å². The van der Waals surface area contributed by atoms with Gasteiger partial charge in [0.25, 0.3) is 0 Å². The van der Waals surface area contributed by atoms with E-state index in [0.29, 0.717) is 18.2 Å². The maximum Gasteiger partial charge on any atom is 0.355 e. The number of H-pyrrole nitrogens is 1. The van der Waals surface area contributed by atoms with Crippen molar-refractivity contribution in [2.75, 3.05) is 33.4 Å². The van der Waals surface area contributed by atoms with Crippen LogP contribution in [0.25, 0.3) is 0 Å². The SMILES string of the molecule is CCOC(=O)c1[nH]c2c(c1C)C[C@H]1CN(CC)CC[C@]1(c1cccc(OC)c1)C2. The molecule has 2 atom stereocenters. The number of ether oxygens (including phenoxy) is 2. The van der Waals surface area contributed by atoms with E-state index >= 15 is 0 Å². The fourth-order valence-electron chi connectivity index (χ4n) is 5.43. The number of methoxy groups -OCH3 is 1. The molecule has 4 rings (SSSR count). The van der Waals surface area contributed by atoms with E-state index in [1.54, 1.807) is 7.11 Å². The van der Waals surface area contributed by atoms with Crippen LogP contribution in [0.5, 0.6) is 5.75 Å². The Morgan fingerprint density at radius 1 is 1.34 bits per heavy atom. The molecule has 0 unspecified atom stereocenters. The van der Waals surface area contributed by atoms with Gasteiger partial charge in [-0.2, -0.15) is 0 Å². The lowest BCUT2D eigenvalue weighted by Crippen LogP contribution is -2.53. The second kappa shape index (κ2) is 7.86. The van der Waals surface area contributed by atoms with Gasteiger partial charge in [-0.15, -0.1) is 0 Å². The monoisotopic (exact) mass is 396 g/mol. The quantitative estimate of drug-likeness (QED) is 0.779. The maximum absolute atomic E-state index is 12.5. The zero-order chi connectivity index (χ0) is 20.6. The first kappa shape index (κ1) is 20.0. The van der Waals surface area contributed by atoms with Crippen LogP contribution in [0, 0.1) is 12.8 Å². The van der Waals surface area contributed by atoms with Crippen molar-refractivity contribution < 1.29 is 14.3 Å². The Labute approximate surface area is 173 Å². The van der Waals surface area contributed by atoms with Gasteiger partial charge >= 0.3 is 5.97 Å². The third kappa shape index (κ3) is 3.35. The van der Waals surface area contributed by atoms with Gasteiger partial charge in [0.05, 0.1) is 13.7 Å². The zero-order valence-corrected chi connectivity index (χ0v) is 18.0. The van der Waals surface area contributed by atoms with E-state index in [4.69, 9.17) is 9.47 Å². The van der Waals surface area contributed by atoms with Gasteiger partial charge in [0.1, 0.15) is 11.4 Å². The van der Waals surface area contributed by atoms with Crippen molar-refractivity contribution in [3.8, 4) is 5.75 Å². The van der Waals surface area contributed by atoms with Crippen LogP contribution in [0.4, 0.5) is 0 Å². The number of benzene rings is 1. The van der Waals surface area contributed by atoms with E-state index in [1.807, 2.05) is 13.0 Å². The van der Waals surface area contributed by atoms with E-state index in [2.05, 4.69) is 41.9 Å². The molecule has 156 valence electrons. The van der Waals surface area contributed by atoms with Crippen molar-refractivity contribution in [2.24, 2.45) is 5.92 Å². The Morgan fingerprint density at radius 3 is 2.90 bits per heavy atom. The largest absolute Gasteiger partial charge is 0.497 e. The first-order valence-corrected chi connectivity index (χ1v) is 10.8. The van der Waals surface area contributed by atoms with Gasteiger partial charge in [-0.3, -0.25) is 0 Å². The molecule has 0 amide bonds. The molecule has 5 nitrogen and oxygen atoms in total. The number of nitrogens with zero attached hydrogens (tertiary/aromatic N) is 1. The van der Waals surface area contributed by atoms with Crippen molar-refractivity contribution in [3.63, 3.8) is 0 Å². The highest BCUT2D eigenvalue weighted by Gasteiger charge is 2.48. The molecule has 2 heterocycles. The molecule has 5 heteroatoms. The molecule has 1 N–H and O–H groups in total. The molecule has 1 saturated heterocycles. The van der Waals surface area contributed by atoms with Crippen molar-refractivity contribution in [3.05, 3.63) is 52.3 Å². The van der Waals surface area contributed by atoms with Crippen LogP contribution < -0.4 is 4.74 Å². The van der Waals surface area contributed by atoms with Gasteiger partial charge in [0.15, 0.2) is 0 Å². The van der Waals surface area contributed by atoms with E-state index in [9.17, 15) is 4.79 Å². The lowest BCUT2D eigenvalue weighted by molar-refractivity contribution is 0.0519. The van der Waals surface area contributed by atoms with Crippen molar-refractivity contribution in [2.45, 2.75) is 45.4 Å². The summed E-state index contributed by atoms with van der Waals surface area (Å²) in [6, 6.07) is 8.58. The molecule has 1 aliphatic carbocycles. The minimum atomic E-state index is -0.243. The highest BCUT2D eigenvalue weighted by atomic mass is 16.5. The molecule has 2 aliphatic rings. The van der Waals surface area contributed by atoms with Crippen LogP contribution in [0.15, 0.2) is 24.3 Å². The minimum absolute atomic E-state index is 0.0659. The first-order chi connectivity index (χ1) is 14.0. The van der Waals surface area contributed by atoms with Crippen LogP contribution >= 0.6 is 0 Å². The molecular weight excluding hydrogens is 364 g/mol. The van der Waals surface area contributed by atoms with E-state index < -0.39 is 0 Å². The topological polar surface area (TPSA) is 54.6 Å². The van der Waals surface area contributed by atoms with Gasteiger partial charge < -0.3 is 19.4 Å². The number of likely N-dealkylation sites (tertiary alicyclic amines) is 1. The lowest BCUT2D eigenvalue weighted by Gasteiger charge is -2.51. The fraction of sp³-hybridized carbons (Fsp3) is 0.542. The van der Waals surface area contributed by atoms with Crippen molar-refractivity contribution in [1.29, 1.82) is 0 Å². The molecule has 1 aromatic carbocycles. The number of piperidine rings is 1. The van der Waals surface area contributed by atoms with Crippen LogP contribution in [-0.2, 0) is 23.0 Å². The molecule has 1 fully saturated rings. The molecule has 29 heavy (non-hydrogen) atoms. The summed E-state index contributed by atoms with van der Waals surface area (Å²) in [5.74, 6) is 1.18. The van der Waals surface area contributed by atoms with Gasteiger partial charge in [-0.25, -0.2) is 4.79 Å². The zero-order valence-electron chi connectivity index (χ0n) is 18.0. The van der Waals surface area contributed by atoms with Crippen molar-refractivity contribution in [1.82, 2.24) is 9.88 Å². The number of hydrogen-bond donors (Lipinski definition) is 1. The predicted molar refractivity (Wildman–Crippen MR) is 114 cm³/mol. The van der Waals surface area contributed by atoms with E-state index in [1.165, 1.54) is 16.8 Å². The Hall–Kier alpha value is -2.27. The van der Waals surface area contributed by atoms with E-state index in [0.717, 1.165) is 50.2 Å². The molecule has 0 saturated carbocycles.